The summed E-state index contributed by atoms with van der Waals surface area (Å²) in [6, 6.07) is 9.89. The summed E-state index contributed by atoms with van der Waals surface area (Å²) in [6.07, 6.45) is 0.622. The van der Waals surface area contributed by atoms with Crippen LogP contribution in [0.4, 0.5) is 0 Å². The minimum absolute atomic E-state index is 0.0313. The average molecular weight is 234 g/mol. The third-order valence-electron chi connectivity index (χ3n) is 3.28. The molecule has 1 aliphatic rings. The summed E-state index contributed by atoms with van der Waals surface area (Å²) >= 11 is 0. The molecule has 1 fully saturated rings. The van der Waals surface area contributed by atoms with Crippen molar-refractivity contribution in [3.05, 3.63) is 35.9 Å². The van der Waals surface area contributed by atoms with Crippen LogP contribution in [0.25, 0.3) is 0 Å². The standard InChI is InChI=1S/C13H18N2O2/c1-17-8-10-7-13(14,9-15-12(10)16)11-5-3-2-4-6-11/h2-6,10H,7-9,14H2,1H3,(H,15,16)/t10-,13+/m0/s1. The smallest absolute Gasteiger partial charge is 0.225 e. The zero-order valence-corrected chi connectivity index (χ0v) is 9.98. The van der Waals surface area contributed by atoms with Gasteiger partial charge in [0.2, 0.25) is 5.91 Å². The first kappa shape index (κ1) is 12.1. The van der Waals surface area contributed by atoms with Gasteiger partial charge < -0.3 is 15.8 Å². The number of benzene rings is 1. The summed E-state index contributed by atoms with van der Waals surface area (Å²) in [7, 11) is 1.60. The zero-order valence-electron chi connectivity index (χ0n) is 9.98. The third-order valence-corrected chi connectivity index (χ3v) is 3.28. The van der Waals surface area contributed by atoms with Gasteiger partial charge in [0.15, 0.2) is 0 Å². The zero-order chi connectivity index (χ0) is 12.3. The monoisotopic (exact) mass is 234 g/mol. The number of carbonyl (C=O) groups is 1. The summed E-state index contributed by atoms with van der Waals surface area (Å²) in [6.45, 7) is 0.897. The van der Waals surface area contributed by atoms with E-state index in [0.717, 1.165) is 5.56 Å². The van der Waals surface area contributed by atoms with Crippen LogP contribution in [-0.2, 0) is 15.1 Å². The topological polar surface area (TPSA) is 64.3 Å². The van der Waals surface area contributed by atoms with E-state index in [1.807, 2.05) is 30.3 Å². The van der Waals surface area contributed by atoms with Gasteiger partial charge in [0.25, 0.3) is 0 Å². The molecule has 1 amide bonds. The van der Waals surface area contributed by atoms with Gasteiger partial charge in [0.05, 0.1) is 18.1 Å². The Hall–Kier alpha value is -1.39. The number of rotatable bonds is 3. The van der Waals surface area contributed by atoms with Crippen molar-refractivity contribution in [2.24, 2.45) is 11.7 Å². The van der Waals surface area contributed by atoms with Crippen LogP contribution < -0.4 is 11.1 Å². The molecule has 4 heteroatoms. The van der Waals surface area contributed by atoms with Gasteiger partial charge >= 0.3 is 0 Å². The Morgan fingerprint density at radius 1 is 1.47 bits per heavy atom. The number of carbonyl (C=O) groups excluding carboxylic acids is 1. The van der Waals surface area contributed by atoms with Crippen molar-refractivity contribution in [3.63, 3.8) is 0 Å². The molecule has 2 rings (SSSR count). The molecule has 3 N–H and O–H groups in total. The normalized spacial score (nSPS) is 28.8. The molecule has 17 heavy (non-hydrogen) atoms. The second-order valence-electron chi connectivity index (χ2n) is 4.60. The van der Waals surface area contributed by atoms with E-state index in [-0.39, 0.29) is 11.8 Å². The van der Waals surface area contributed by atoms with Crippen LogP contribution in [-0.4, -0.2) is 26.2 Å². The van der Waals surface area contributed by atoms with E-state index in [4.69, 9.17) is 10.5 Å². The maximum atomic E-state index is 11.7. The molecule has 1 aromatic carbocycles. The van der Waals surface area contributed by atoms with Crippen molar-refractivity contribution < 1.29 is 9.53 Å². The molecule has 0 unspecified atom stereocenters. The van der Waals surface area contributed by atoms with Gasteiger partial charge in [0, 0.05) is 13.7 Å². The lowest BCUT2D eigenvalue weighted by Gasteiger charge is -2.38. The highest BCUT2D eigenvalue weighted by atomic mass is 16.5. The minimum Gasteiger partial charge on any atom is -0.384 e. The number of hydrogen-bond donors (Lipinski definition) is 2. The summed E-state index contributed by atoms with van der Waals surface area (Å²) in [5.74, 6) is -0.136. The number of methoxy groups -OCH3 is 1. The van der Waals surface area contributed by atoms with Gasteiger partial charge in [-0.15, -0.1) is 0 Å². The molecule has 0 bridgehead atoms. The molecular weight excluding hydrogens is 216 g/mol. The molecule has 0 aromatic heterocycles. The van der Waals surface area contributed by atoms with Crippen molar-refractivity contribution in [1.82, 2.24) is 5.32 Å². The fraction of sp³-hybridized carbons (Fsp3) is 0.462. The first-order valence-corrected chi connectivity index (χ1v) is 5.77. The van der Waals surface area contributed by atoms with Crippen LogP contribution in [0.5, 0.6) is 0 Å². The third kappa shape index (κ3) is 2.48. The van der Waals surface area contributed by atoms with E-state index in [0.29, 0.717) is 19.6 Å². The Kier molecular flexibility index (Phi) is 3.45. The fourth-order valence-electron chi connectivity index (χ4n) is 2.32. The van der Waals surface area contributed by atoms with E-state index >= 15 is 0 Å². The molecule has 4 nitrogen and oxygen atoms in total. The Labute approximate surface area is 101 Å². The van der Waals surface area contributed by atoms with E-state index in [2.05, 4.69) is 5.32 Å². The minimum atomic E-state index is -0.488. The van der Waals surface area contributed by atoms with Crippen LogP contribution in [0.2, 0.25) is 0 Å². The Balaban J connectivity index is 2.19. The molecular formula is C13H18N2O2. The lowest BCUT2D eigenvalue weighted by molar-refractivity contribution is -0.130. The first-order valence-electron chi connectivity index (χ1n) is 5.77. The Morgan fingerprint density at radius 3 is 2.82 bits per heavy atom. The van der Waals surface area contributed by atoms with Crippen LogP contribution in [0.3, 0.4) is 0 Å². The van der Waals surface area contributed by atoms with E-state index in [1.165, 1.54) is 0 Å². The van der Waals surface area contributed by atoms with E-state index in [9.17, 15) is 4.79 Å². The number of hydrogen-bond acceptors (Lipinski definition) is 3. The van der Waals surface area contributed by atoms with Crippen molar-refractivity contribution in [3.8, 4) is 0 Å². The highest BCUT2D eigenvalue weighted by Gasteiger charge is 2.38. The SMILES string of the molecule is COC[C@@H]1C[C@](N)(c2ccccc2)CNC1=O. The van der Waals surface area contributed by atoms with Crippen molar-refractivity contribution in [2.75, 3.05) is 20.3 Å². The van der Waals surface area contributed by atoms with E-state index in [1.54, 1.807) is 7.11 Å². The number of ether oxygens (including phenoxy) is 1. The summed E-state index contributed by atoms with van der Waals surface area (Å²) in [5.41, 5.74) is 6.96. The first-order chi connectivity index (χ1) is 8.15. The van der Waals surface area contributed by atoms with E-state index < -0.39 is 5.54 Å². The maximum Gasteiger partial charge on any atom is 0.225 e. The molecule has 0 saturated carbocycles. The summed E-state index contributed by atoms with van der Waals surface area (Å²) in [4.78, 5) is 11.7. The maximum absolute atomic E-state index is 11.7. The second kappa shape index (κ2) is 4.85. The summed E-state index contributed by atoms with van der Waals surface area (Å²) in [5, 5.41) is 2.86. The number of nitrogens with one attached hydrogen (secondary N) is 1. The van der Waals surface area contributed by atoms with Crippen LogP contribution in [0.1, 0.15) is 12.0 Å². The lowest BCUT2D eigenvalue weighted by atomic mass is 9.79. The van der Waals surface area contributed by atoms with Gasteiger partial charge in [0.1, 0.15) is 0 Å². The Bertz CT molecular complexity index is 394. The van der Waals surface area contributed by atoms with Crippen molar-refractivity contribution in [2.45, 2.75) is 12.0 Å². The molecule has 2 atom stereocenters. The van der Waals surface area contributed by atoms with Gasteiger partial charge in [-0.2, -0.15) is 0 Å². The molecule has 0 radical (unpaired) electrons. The largest absolute Gasteiger partial charge is 0.384 e. The van der Waals surface area contributed by atoms with Crippen molar-refractivity contribution >= 4 is 5.91 Å². The Morgan fingerprint density at radius 2 is 2.18 bits per heavy atom. The van der Waals surface area contributed by atoms with Crippen LogP contribution in [0, 0.1) is 5.92 Å². The average Bonchev–Trinajstić information content (AvgIpc) is 2.36. The van der Waals surface area contributed by atoms with Crippen LogP contribution >= 0.6 is 0 Å². The second-order valence-corrected chi connectivity index (χ2v) is 4.60. The van der Waals surface area contributed by atoms with Gasteiger partial charge in [-0.05, 0) is 12.0 Å². The lowest BCUT2D eigenvalue weighted by Crippen LogP contribution is -2.56. The van der Waals surface area contributed by atoms with Crippen molar-refractivity contribution in [1.29, 1.82) is 0 Å². The predicted octanol–water partition coefficient (Wildman–Crippen LogP) is 0.623. The van der Waals surface area contributed by atoms with Gasteiger partial charge in [-0.1, -0.05) is 30.3 Å². The molecule has 1 heterocycles. The highest BCUT2D eigenvalue weighted by molar-refractivity contribution is 5.80. The number of nitrogens with two attached hydrogens (primary N) is 1. The van der Waals surface area contributed by atoms with Crippen LogP contribution in [0.15, 0.2) is 30.3 Å². The molecule has 92 valence electrons. The number of piperidine rings is 1. The highest BCUT2D eigenvalue weighted by Crippen LogP contribution is 2.29. The molecule has 1 saturated heterocycles. The predicted molar refractivity (Wildman–Crippen MR) is 65.3 cm³/mol. The summed E-state index contributed by atoms with van der Waals surface area (Å²) < 4.78 is 5.06. The fourth-order valence-corrected chi connectivity index (χ4v) is 2.32. The molecule has 0 aliphatic carbocycles. The molecule has 1 aliphatic heterocycles. The molecule has 0 spiro atoms. The number of amides is 1. The quantitative estimate of drug-likeness (QED) is 0.806. The van der Waals surface area contributed by atoms with Gasteiger partial charge in [-0.3, -0.25) is 4.79 Å². The molecule has 1 aromatic rings. The van der Waals surface area contributed by atoms with Gasteiger partial charge in [-0.25, -0.2) is 0 Å².